The molecule has 1 unspecified atom stereocenters. The lowest BCUT2D eigenvalue weighted by Crippen LogP contribution is -2.14. The zero-order valence-corrected chi connectivity index (χ0v) is 24.6. The first-order valence-electron chi connectivity index (χ1n) is 15.5. The van der Waals surface area contributed by atoms with E-state index >= 15 is 0 Å². The van der Waals surface area contributed by atoms with Crippen LogP contribution in [0.4, 0.5) is 0 Å². The van der Waals surface area contributed by atoms with Crippen molar-refractivity contribution in [3.63, 3.8) is 0 Å². The van der Waals surface area contributed by atoms with Crippen LogP contribution in [0.2, 0.25) is 0 Å². The molecule has 1 aliphatic heterocycles. The summed E-state index contributed by atoms with van der Waals surface area (Å²) in [5.74, 6) is 0.973. The molecule has 1 aliphatic carbocycles. The van der Waals surface area contributed by atoms with E-state index in [1.165, 1.54) is 21.8 Å². The fourth-order valence-corrected chi connectivity index (χ4v) is 6.88. The molecular formula is C41H29N3O. The minimum Gasteiger partial charge on any atom is -0.456 e. The minimum absolute atomic E-state index is 0.251. The van der Waals surface area contributed by atoms with Crippen molar-refractivity contribution in [1.29, 1.82) is 0 Å². The average Bonchev–Trinajstić information content (AvgIpc) is 3.55. The average molecular weight is 580 g/mol. The molecule has 4 nitrogen and oxygen atoms in total. The molecule has 0 saturated heterocycles. The zero-order valence-electron chi connectivity index (χ0n) is 24.6. The van der Waals surface area contributed by atoms with E-state index < -0.39 is 0 Å². The van der Waals surface area contributed by atoms with Crippen LogP contribution >= 0.6 is 0 Å². The topological polar surface area (TPSA) is 42.8 Å². The Morgan fingerprint density at radius 2 is 1.44 bits per heavy atom. The Kier molecular flexibility index (Phi) is 5.98. The third-order valence-corrected chi connectivity index (χ3v) is 9.02. The number of rotatable bonds is 4. The summed E-state index contributed by atoms with van der Waals surface area (Å²) in [6, 6.07) is 40.3. The third kappa shape index (κ3) is 4.29. The summed E-state index contributed by atoms with van der Waals surface area (Å²) < 4.78 is 8.91. The molecule has 5 aromatic carbocycles. The van der Waals surface area contributed by atoms with E-state index in [4.69, 9.17) is 14.4 Å². The molecule has 0 saturated carbocycles. The summed E-state index contributed by atoms with van der Waals surface area (Å²) >= 11 is 0. The van der Waals surface area contributed by atoms with Crippen LogP contribution in [-0.4, -0.2) is 16.1 Å². The molecule has 45 heavy (non-hydrogen) atoms. The number of hydrogen-bond acceptors (Lipinski definition) is 3. The Labute approximate surface area is 260 Å². The van der Waals surface area contributed by atoms with Gasteiger partial charge in [-0.2, -0.15) is 0 Å². The quantitative estimate of drug-likeness (QED) is 0.205. The van der Waals surface area contributed by atoms with Gasteiger partial charge < -0.3 is 8.98 Å². The van der Waals surface area contributed by atoms with Gasteiger partial charge in [-0.15, -0.1) is 0 Å². The van der Waals surface area contributed by atoms with E-state index in [0.717, 1.165) is 68.8 Å². The zero-order chi connectivity index (χ0) is 29.7. The minimum atomic E-state index is 0.251. The van der Waals surface area contributed by atoms with Gasteiger partial charge >= 0.3 is 0 Å². The lowest BCUT2D eigenvalue weighted by molar-refractivity contribution is 0.668. The lowest BCUT2D eigenvalue weighted by Gasteiger charge is -2.15. The molecule has 4 heteroatoms. The van der Waals surface area contributed by atoms with Crippen LogP contribution in [0, 0.1) is 5.92 Å². The fourth-order valence-electron chi connectivity index (χ4n) is 6.88. The molecule has 1 atom stereocenters. The molecule has 214 valence electrons. The molecule has 0 spiro atoms. The number of para-hydroxylation sites is 2. The number of furan rings is 1. The predicted octanol–water partition coefficient (Wildman–Crippen LogP) is 10.4. The van der Waals surface area contributed by atoms with Crippen molar-refractivity contribution in [2.24, 2.45) is 15.9 Å². The summed E-state index contributed by atoms with van der Waals surface area (Å²) in [6.07, 6.45) is 12.6. The smallest absolute Gasteiger partial charge is 0.160 e. The fraction of sp³-hybridized carbons (Fsp3) is 0.0732. The summed E-state index contributed by atoms with van der Waals surface area (Å²) in [5, 5.41) is 4.58. The molecule has 2 aliphatic rings. The second kappa shape index (κ2) is 10.5. The second-order valence-corrected chi connectivity index (χ2v) is 11.7. The largest absolute Gasteiger partial charge is 0.456 e. The van der Waals surface area contributed by atoms with Gasteiger partial charge in [-0.05, 0) is 42.3 Å². The lowest BCUT2D eigenvalue weighted by atomic mass is 9.93. The van der Waals surface area contributed by atoms with Gasteiger partial charge in [-0.25, -0.2) is 9.98 Å². The van der Waals surface area contributed by atoms with Gasteiger partial charge in [0.05, 0.1) is 16.7 Å². The van der Waals surface area contributed by atoms with Crippen LogP contribution in [-0.2, 0) is 0 Å². The highest BCUT2D eigenvalue weighted by Crippen LogP contribution is 2.37. The van der Waals surface area contributed by atoms with Crippen molar-refractivity contribution in [3.8, 4) is 5.69 Å². The predicted molar refractivity (Wildman–Crippen MR) is 187 cm³/mol. The van der Waals surface area contributed by atoms with Crippen LogP contribution < -0.4 is 0 Å². The normalized spacial score (nSPS) is 16.7. The van der Waals surface area contributed by atoms with Crippen molar-refractivity contribution < 1.29 is 4.42 Å². The van der Waals surface area contributed by atoms with Gasteiger partial charge in [0.2, 0.25) is 0 Å². The van der Waals surface area contributed by atoms with E-state index in [0.29, 0.717) is 0 Å². The van der Waals surface area contributed by atoms with E-state index in [1.807, 2.05) is 18.2 Å². The molecule has 3 heterocycles. The number of hydrogen-bond donors (Lipinski definition) is 0. The first-order chi connectivity index (χ1) is 22.3. The summed E-state index contributed by atoms with van der Waals surface area (Å²) in [5.41, 5.74) is 9.23. The standard InChI is InChI=1S/C41H29N3O/c1-3-12-27(13-4-1)34-24-25-35(28-14-5-2-6-15-28)43-41(42-34)33-18-11-21-38-40(33)32-23-22-29(26-39(32)45-38)44-36-19-9-7-16-30(36)31-17-8-10-20-37(31)44/h1-14,16-24,26,28H,15,25H2. The molecule has 7 aromatic rings. The maximum atomic E-state index is 6.58. The first kappa shape index (κ1) is 25.7. The summed E-state index contributed by atoms with van der Waals surface area (Å²) in [7, 11) is 0. The van der Waals surface area contributed by atoms with Gasteiger partial charge in [-0.1, -0.05) is 109 Å². The van der Waals surface area contributed by atoms with Crippen LogP contribution in [0.3, 0.4) is 0 Å². The SMILES string of the molecule is C1=CCC(C2=NC(c3cccc4oc5cc(-n6c7ccccc7c7ccccc76)ccc5c34)=NC(c3ccccc3)=CC2)C=C1. The first-order valence-corrected chi connectivity index (χ1v) is 15.5. The van der Waals surface area contributed by atoms with Crippen LogP contribution in [0.5, 0.6) is 0 Å². The number of benzene rings is 5. The molecule has 2 aromatic heterocycles. The monoisotopic (exact) mass is 579 g/mol. The van der Waals surface area contributed by atoms with E-state index in [1.54, 1.807) is 0 Å². The third-order valence-electron chi connectivity index (χ3n) is 9.02. The number of aliphatic imine (C=N–C) groups is 2. The van der Waals surface area contributed by atoms with Gasteiger partial charge in [0.25, 0.3) is 0 Å². The molecule has 9 rings (SSSR count). The Morgan fingerprint density at radius 1 is 0.667 bits per heavy atom. The maximum absolute atomic E-state index is 6.58. The van der Waals surface area contributed by atoms with Crippen molar-refractivity contribution in [2.45, 2.75) is 12.8 Å². The van der Waals surface area contributed by atoms with Gasteiger partial charge in [0.1, 0.15) is 11.2 Å². The second-order valence-electron chi connectivity index (χ2n) is 11.7. The van der Waals surface area contributed by atoms with Crippen molar-refractivity contribution >= 4 is 61.0 Å². The van der Waals surface area contributed by atoms with E-state index in [2.05, 4.69) is 132 Å². The Balaban J connectivity index is 1.23. The van der Waals surface area contributed by atoms with Crippen LogP contribution in [0.15, 0.2) is 160 Å². The molecule has 0 fully saturated rings. The van der Waals surface area contributed by atoms with E-state index in [-0.39, 0.29) is 5.92 Å². The maximum Gasteiger partial charge on any atom is 0.160 e. The molecule has 0 bridgehead atoms. The molecular weight excluding hydrogens is 550 g/mol. The molecule has 0 N–H and O–H groups in total. The van der Waals surface area contributed by atoms with Gasteiger partial charge in [-0.3, -0.25) is 0 Å². The number of amidine groups is 1. The van der Waals surface area contributed by atoms with Crippen molar-refractivity contribution in [1.82, 2.24) is 4.57 Å². The van der Waals surface area contributed by atoms with Crippen molar-refractivity contribution in [2.75, 3.05) is 0 Å². The summed E-state index contributed by atoms with van der Waals surface area (Å²) in [4.78, 5) is 10.5. The Hall–Kier alpha value is -5.74. The van der Waals surface area contributed by atoms with Crippen LogP contribution in [0.1, 0.15) is 24.0 Å². The highest BCUT2D eigenvalue weighted by molar-refractivity contribution is 6.22. The summed E-state index contributed by atoms with van der Waals surface area (Å²) in [6.45, 7) is 0. The Bertz CT molecular complexity index is 2380. The van der Waals surface area contributed by atoms with Gasteiger partial charge in [0.15, 0.2) is 5.84 Å². The number of nitrogens with zero attached hydrogens (tertiary/aromatic N) is 3. The highest BCUT2D eigenvalue weighted by atomic mass is 16.3. The highest BCUT2D eigenvalue weighted by Gasteiger charge is 2.22. The van der Waals surface area contributed by atoms with E-state index in [9.17, 15) is 0 Å². The number of allylic oxidation sites excluding steroid dienone is 5. The number of aromatic nitrogens is 1. The number of fused-ring (bicyclic) bond motifs is 6. The van der Waals surface area contributed by atoms with Gasteiger partial charge in [0, 0.05) is 56.9 Å². The van der Waals surface area contributed by atoms with Crippen molar-refractivity contribution in [3.05, 3.63) is 157 Å². The molecule has 0 amide bonds. The molecule has 0 radical (unpaired) electrons. The Morgan fingerprint density at radius 3 is 2.22 bits per heavy atom. The van der Waals surface area contributed by atoms with Crippen LogP contribution in [0.25, 0.3) is 55.1 Å².